The lowest BCUT2D eigenvalue weighted by atomic mass is 9.83. The molecular weight excluding hydrogens is 180 g/mol. The molecule has 0 bridgehead atoms. The summed E-state index contributed by atoms with van der Waals surface area (Å²) in [5, 5.41) is 12.9. The molecule has 0 saturated carbocycles. The molecule has 1 aromatic heterocycles. The van der Waals surface area contributed by atoms with Crippen LogP contribution in [0.5, 0.6) is 0 Å². The molecule has 78 valence electrons. The average molecular weight is 196 g/mol. The van der Waals surface area contributed by atoms with E-state index in [0.29, 0.717) is 0 Å². The number of rotatable bonds is 4. The molecule has 0 aliphatic rings. The number of hydrogen-bond acceptors (Lipinski definition) is 2. The number of nitrogens with zero attached hydrogens (tertiary/aromatic N) is 2. The molecule has 0 aliphatic heterocycles. The maximum atomic E-state index is 10.6. The third-order valence-electron chi connectivity index (χ3n) is 2.33. The summed E-state index contributed by atoms with van der Waals surface area (Å²) in [5.41, 5.74) is 0.626. The van der Waals surface area contributed by atoms with E-state index in [0.717, 1.165) is 12.1 Å². The molecule has 0 aliphatic carbocycles. The topological polar surface area (TPSA) is 55.1 Å². The first-order valence-corrected chi connectivity index (χ1v) is 4.70. The second-order valence-electron chi connectivity index (χ2n) is 4.04. The number of aromatic nitrogens is 2. The van der Waals surface area contributed by atoms with Gasteiger partial charge >= 0.3 is 5.97 Å². The van der Waals surface area contributed by atoms with Crippen molar-refractivity contribution in [1.29, 1.82) is 0 Å². The Balaban J connectivity index is 2.85. The highest BCUT2D eigenvalue weighted by Gasteiger charge is 2.25. The highest BCUT2D eigenvalue weighted by molar-refractivity contribution is 5.68. The van der Waals surface area contributed by atoms with Crippen LogP contribution in [0.3, 0.4) is 0 Å². The fourth-order valence-corrected chi connectivity index (χ4v) is 1.37. The summed E-state index contributed by atoms with van der Waals surface area (Å²) in [6, 6.07) is 0. The van der Waals surface area contributed by atoms with Crippen LogP contribution in [0.4, 0.5) is 0 Å². The number of carboxylic acids is 1. The molecule has 1 N–H and O–H groups in total. The molecule has 4 heteroatoms. The predicted octanol–water partition coefficient (Wildman–Crippen LogP) is 1.66. The fraction of sp³-hybridized carbons (Fsp3) is 0.600. The molecule has 0 radical (unpaired) electrons. The number of carboxylic acid groups (broad SMARTS) is 1. The highest BCUT2D eigenvalue weighted by atomic mass is 16.4. The minimum atomic E-state index is -0.778. The third-order valence-corrected chi connectivity index (χ3v) is 2.33. The summed E-state index contributed by atoms with van der Waals surface area (Å²) < 4.78 is 1.80. The maximum absolute atomic E-state index is 10.6. The summed E-state index contributed by atoms with van der Waals surface area (Å²) in [6.07, 6.45) is 3.78. The standard InChI is InChI=1S/C10H16N2O2/c1-4-12-7-8(6-11-12)10(2,3)5-9(13)14/h6-7H,4-5H2,1-3H3,(H,13,14). The first-order chi connectivity index (χ1) is 6.45. The molecule has 0 spiro atoms. The third kappa shape index (κ3) is 2.34. The van der Waals surface area contributed by atoms with Gasteiger partial charge in [-0.2, -0.15) is 5.10 Å². The van der Waals surface area contributed by atoms with E-state index in [1.807, 2.05) is 27.0 Å². The van der Waals surface area contributed by atoms with Crippen molar-refractivity contribution in [2.45, 2.75) is 39.2 Å². The number of aryl methyl sites for hydroxylation is 1. The Bertz CT molecular complexity index is 329. The zero-order valence-corrected chi connectivity index (χ0v) is 8.82. The van der Waals surface area contributed by atoms with Crippen molar-refractivity contribution in [2.75, 3.05) is 0 Å². The van der Waals surface area contributed by atoms with Crippen LogP contribution in [0.15, 0.2) is 12.4 Å². The molecule has 1 heterocycles. The van der Waals surface area contributed by atoms with Crippen molar-refractivity contribution < 1.29 is 9.90 Å². The Morgan fingerprint density at radius 2 is 2.29 bits per heavy atom. The van der Waals surface area contributed by atoms with Crippen molar-refractivity contribution in [3.8, 4) is 0 Å². The monoisotopic (exact) mass is 196 g/mol. The van der Waals surface area contributed by atoms with Crippen molar-refractivity contribution in [2.24, 2.45) is 0 Å². The lowest BCUT2D eigenvalue weighted by Gasteiger charge is -2.20. The zero-order valence-electron chi connectivity index (χ0n) is 8.82. The molecule has 0 atom stereocenters. The predicted molar refractivity (Wildman–Crippen MR) is 53.2 cm³/mol. The van der Waals surface area contributed by atoms with E-state index in [9.17, 15) is 4.79 Å². The normalized spacial score (nSPS) is 11.6. The van der Waals surface area contributed by atoms with Crippen LogP contribution in [0.1, 0.15) is 32.8 Å². The number of hydrogen-bond donors (Lipinski definition) is 1. The summed E-state index contributed by atoms with van der Waals surface area (Å²) in [6.45, 7) is 6.64. The molecule has 0 amide bonds. The van der Waals surface area contributed by atoms with Gasteiger partial charge in [0, 0.05) is 18.2 Å². The highest BCUT2D eigenvalue weighted by Crippen LogP contribution is 2.26. The van der Waals surface area contributed by atoms with E-state index in [4.69, 9.17) is 5.11 Å². The number of aliphatic carboxylic acids is 1. The van der Waals surface area contributed by atoms with Gasteiger partial charge in [-0.25, -0.2) is 0 Å². The van der Waals surface area contributed by atoms with E-state index in [1.165, 1.54) is 0 Å². The van der Waals surface area contributed by atoms with Crippen molar-refractivity contribution >= 4 is 5.97 Å². The fourth-order valence-electron chi connectivity index (χ4n) is 1.37. The van der Waals surface area contributed by atoms with Crippen LogP contribution in [-0.2, 0) is 16.8 Å². The van der Waals surface area contributed by atoms with Crippen molar-refractivity contribution in [1.82, 2.24) is 9.78 Å². The Kier molecular flexibility index (Phi) is 2.93. The molecule has 0 unspecified atom stereocenters. The zero-order chi connectivity index (χ0) is 10.8. The number of carbonyl (C=O) groups is 1. The minimum Gasteiger partial charge on any atom is -0.481 e. The molecule has 0 fully saturated rings. The lowest BCUT2D eigenvalue weighted by Crippen LogP contribution is -2.21. The Morgan fingerprint density at radius 1 is 1.64 bits per heavy atom. The first-order valence-electron chi connectivity index (χ1n) is 4.70. The van der Waals surface area contributed by atoms with Crippen molar-refractivity contribution in [3.05, 3.63) is 18.0 Å². The van der Waals surface area contributed by atoms with Gasteiger partial charge < -0.3 is 5.11 Å². The van der Waals surface area contributed by atoms with E-state index >= 15 is 0 Å². The van der Waals surface area contributed by atoms with E-state index in [1.54, 1.807) is 10.9 Å². The molecule has 14 heavy (non-hydrogen) atoms. The Morgan fingerprint density at radius 3 is 2.71 bits per heavy atom. The minimum absolute atomic E-state index is 0.127. The lowest BCUT2D eigenvalue weighted by molar-refractivity contribution is -0.138. The quantitative estimate of drug-likeness (QED) is 0.796. The van der Waals surface area contributed by atoms with E-state index in [-0.39, 0.29) is 11.8 Å². The molecular formula is C10H16N2O2. The molecule has 1 rings (SSSR count). The molecule has 0 saturated heterocycles. The van der Waals surface area contributed by atoms with Crippen LogP contribution in [0.2, 0.25) is 0 Å². The van der Waals surface area contributed by atoms with Gasteiger partial charge in [0.2, 0.25) is 0 Å². The average Bonchev–Trinajstić information content (AvgIpc) is 2.49. The van der Waals surface area contributed by atoms with Crippen LogP contribution in [0, 0.1) is 0 Å². The van der Waals surface area contributed by atoms with Gasteiger partial charge in [-0.05, 0) is 12.5 Å². The van der Waals surface area contributed by atoms with Crippen LogP contribution >= 0.6 is 0 Å². The van der Waals surface area contributed by atoms with Gasteiger partial charge in [-0.15, -0.1) is 0 Å². The van der Waals surface area contributed by atoms with Gasteiger partial charge in [0.05, 0.1) is 12.6 Å². The van der Waals surface area contributed by atoms with E-state index in [2.05, 4.69) is 5.10 Å². The van der Waals surface area contributed by atoms with Gasteiger partial charge in [0.15, 0.2) is 0 Å². The van der Waals surface area contributed by atoms with Gasteiger partial charge in [-0.3, -0.25) is 9.48 Å². The summed E-state index contributed by atoms with van der Waals surface area (Å²) in [4.78, 5) is 10.6. The SMILES string of the molecule is CCn1cc(C(C)(C)CC(=O)O)cn1. The van der Waals surface area contributed by atoms with Gasteiger partial charge in [0.1, 0.15) is 0 Å². The molecule has 0 aromatic carbocycles. The maximum Gasteiger partial charge on any atom is 0.304 e. The summed E-state index contributed by atoms with van der Waals surface area (Å²) in [5.74, 6) is -0.778. The molecule has 1 aromatic rings. The second-order valence-corrected chi connectivity index (χ2v) is 4.04. The van der Waals surface area contributed by atoms with Crippen molar-refractivity contribution in [3.63, 3.8) is 0 Å². The second kappa shape index (κ2) is 3.82. The Hall–Kier alpha value is -1.32. The van der Waals surface area contributed by atoms with Crippen LogP contribution in [-0.4, -0.2) is 20.9 Å². The first kappa shape index (κ1) is 10.8. The van der Waals surface area contributed by atoms with Crippen LogP contribution in [0.25, 0.3) is 0 Å². The van der Waals surface area contributed by atoms with Gasteiger partial charge in [-0.1, -0.05) is 13.8 Å². The van der Waals surface area contributed by atoms with Gasteiger partial charge in [0.25, 0.3) is 0 Å². The summed E-state index contributed by atoms with van der Waals surface area (Å²) in [7, 11) is 0. The van der Waals surface area contributed by atoms with E-state index < -0.39 is 5.97 Å². The van der Waals surface area contributed by atoms with Crippen LogP contribution < -0.4 is 0 Å². The molecule has 4 nitrogen and oxygen atoms in total. The largest absolute Gasteiger partial charge is 0.481 e. The Labute approximate surface area is 83.5 Å². The summed E-state index contributed by atoms with van der Waals surface area (Å²) >= 11 is 0. The smallest absolute Gasteiger partial charge is 0.304 e.